The van der Waals surface area contributed by atoms with Crippen LogP contribution in [0.15, 0.2) is 76.1 Å². The average molecular weight is 370 g/mol. The van der Waals surface area contributed by atoms with Crippen LogP contribution in [0.3, 0.4) is 0 Å². The van der Waals surface area contributed by atoms with Crippen molar-refractivity contribution in [2.45, 2.75) is 0 Å². The predicted octanol–water partition coefficient (Wildman–Crippen LogP) is 3.92. The molecule has 1 amide bonds. The molecule has 0 aliphatic carbocycles. The number of nitrogens with zero attached hydrogens (tertiary/aromatic N) is 1. The highest BCUT2D eigenvalue weighted by Gasteiger charge is 2.13. The molecule has 0 spiro atoms. The van der Waals surface area contributed by atoms with Crippen molar-refractivity contribution in [1.82, 2.24) is 15.0 Å². The van der Waals surface area contributed by atoms with Gasteiger partial charge in [-0.15, -0.1) is 0 Å². The van der Waals surface area contributed by atoms with Crippen LogP contribution in [0.1, 0.15) is 10.4 Å². The molecule has 2 aromatic carbocycles. The molecule has 3 aromatic heterocycles. The molecule has 0 saturated heterocycles. The van der Waals surface area contributed by atoms with Crippen LogP contribution in [0.2, 0.25) is 0 Å². The summed E-state index contributed by atoms with van der Waals surface area (Å²) < 4.78 is 5.36. The van der Waals surface area contributed by atoms with Crippen molar-refractivity contribution < 1.29 is 9.21 Å². The van der Waals surface area contributed by atoms with E-state index in [1.165, 1.54) is 6.07 Å². The lowest BCUT2D eigenvalue weighted by atomic mass is 10.1. The van der Waals surface area contributed by atoms with Crippen LogP contribution in [0.5, 0.6) is 0 Å². The molecule has 0 bridgehead atoms. The molecule has 5 aromatic rings. The first kappa shape index (κ1) is 16.1. The predicted molar refractivity (Wildman–Crippen MR) is 106 cm³/mol. The lowest BCUT2D eigenvalue weighted by Gasteiger charge is -2.08. The highest BCUT2D eigenvalue weighted by atomic mass is 16.3. The second-order valence-electron chi connectivity index (χ2n) is 6.34. The first-order chi connectivity index (χ1) is 13.7. The van der Waals surface area contributed by atoms with E-state index in [-0.39, 0.29) is 11.5 Å². The molecule has 3 N–H and O–H groups in total. The number of furan rings is 1. The zero-order chi connectivity index (χ0) is 19.1. The van der Waals surface area contributed by atoms with Crippen molar-refractivity contribution in [2.75, 3.05) is 5.32 Å². The van der Waals surface area contributed by atoms with E-state index >= 15 is 0 Å². The Kier molecular flexibility index (Phi) is 3.58. The SMILES string of the molecule is O=C(Nc1ccc2nc(-c3ccco3)[nH]c2c1)c1cc(=O)[nH]c2ccccc12. The van der Waals surface area contributed by atoms with E-state index in [9.17, 15) is 9.59 Å². The molecule has 7 heteroatoms. The zero-order valence-corrected chi connectivity index (χ0v) is 14.5. The summed E-state index contributed by atoms with van der Waals surface area (Å²) in [5.41, 5.74) is 2.73. The monoisotopic (exact) mass is 370 g/mol. The summed E-state index contributed by atoms with van der Waals surface area (Å²) in [7, 11) is 0. The van der Waals surface area contributed by atoms with Gasteiger partial charge >= 0.3 is 0 Å². The van der Waals surface area contributed by atoms with Gasteiger partial charge in [0, 0.05) is 22.7 Å². The van der Waals surface area contributed by atoms with Gasteiger partial charge in [0.25, 0.3) is 5.91 Å². The van der Waals surface area contributed by atoms with Crippen molar-refractivity contribution in [3.63, 3.8) is 0 Å². The fraction of sp³-hybridized carbons (Fsp3) is 0. The van der Waals surface area contributed by atoms with Crippen LogP contribution in [-0.4, -0.2) is 20.9 Å². The maximum Gasteiger partial charge on any atom is 0.256 e. The summed E-state index contributed by atoms with van der Waals surface area (Å²) in [6.07, 6.45) is 1.58. The van der Waals surface area contributed by atoms with E-state index < -0.39 is 0 Å². The van der Waals surface area contributed by atoms with Crippen molar-refractivity contribution in [3.05, 3.63) is 82.8 Å². The smallest absolute Gasteiger partial charge is 0.256 e. The third kappa shape index (κ3) is 2.75. The number of carbonyl (C=O) groups is 1. The van der Waals surface area contributed by atoms with Crippen molar-refractivity contribution in [3.8, 4) is 11.6 Å². The third-order valence-electron chi connectivity index (χ3n) is 4.49. The lowest BCUT2D eigenvalue weighted by Crippen LogP contribution is -2.16. The Balaban J connectivity index is 1.50. The molecule has 0 aliphatic rings. The molecule has 0 saturated carbocycles. The van der Waals surface area contributed by atoms with Gasteiger partial charge in [-0.05, 0) is 36.4 Å². The van der Waals surface area contributed by atoms with Crippen LogP contribution in [-0.2, 0) is 0 Å². The molecule has 0 aliphatic heterocycles. The zero-order valence-electron chi connectivity index (χ0n) is 14.5. The number of hydrogen-bond acceptors (Lipinski definition) is 4. The van der Waals surface area contributed by atoms with E-state index in [1.807, 2.05) is 24.3 Å². The summed E-state index contributed by atoms with van der Waals surface area (Å²) in [6, 6.07) is 17.5. The fourth-order valence-corrected chi connectivity index (χ4v) is 3.21. The van der Waals surface area contributed by atoms with Crippen LogP contribution in [0, 0.1) is 0 Å². The molecule has 136 valence electrons. The number of benzene rings is 2. The van der Waals surface area contributed by atoms with Gasteiger partial charge < -0.3 is 19.7 Å². The van der Waals surface area contributed by atoms with Crippen LogP contribution >= 0.6 is 0 Å². The summed E-state index contributed by atoms with van der Waals surface area (Å²) in [4.78, 5) is 35.1. The van der Waals surface area contributed by atoms with E-state index in [2.05, 4.69) is 20.3 Å². The number of pyridine rings is 1. The molecule has 0 atom stereocenters. The van der Waals surface area contributed by atoms with Gasteiger partial charge in [0.1, 0.15) is 0 Å². The maximum atomic E-state index is 12.8. The Morgan fingerprint density at radius 1 is 0.964 bits per heavy atom. The van der Waals surface area contributed by atoms with E-state index in [0.29, 0.717) is 33.7 Å². The minimum atomic E-state index is -0.354. The van der Waals surface area contributed by atoms with Crippen LogP contribution in [0.25, 0.3) is 33.5 Å². The molecule has 3 heterocycles. The number of carbonyl (C=O) groups excluding carboxylic acids is 1. The quantitative estimate of drug-likeness (QED) is 0.448. The Morgan fingerprint density at radius 3 is 2.71 bits per heavy atom. The van der Waals surface area contributed by atoms with Crippen LogP contribution in [0.4, 0.5) is 5.69 Å². The number of aromatic amines is 2. The Labute approximate surface area is 158 Å². The number of fused-ring (bicyclic) bond motifs is 2. The van der Waals surface area contributed by atoms with Gasteiger partial charge in [0.05, 0.1) is 22.9 Å². The van der Waals surface area contributed by atoms with Gasteiger partial charge in [-0.25, -0.2) is 4.98 Å². The largest absolute Gasteiger partial charge is 0.461 e. The number of imidazole rings is 1. The normalized spacial score (nSPS) is 11.1. The van der Waals surface area contributed by atoms with E-state index in [0.717, 1.165) is 11.0 Å². The Morgan fingerprint density at radius 2 is 1.86 bits per heavy atom. The number of amides is 1. The molecular formula is C21H14N4O3. The fourth-order valence-electron chi connectivity index (χ4n) is 3.21. The number of aromatic nitrogens is 3. The van der Waals surface area contributed by atoms with Crippen molar-refractivity contribution >= 4 is 33.5 Å². The number of H-pyrrole nitrogens is 2. The summed E-state index contributed by atoms with van der Waals surface area (Å²) in [5.74, 6) is 0.897. The highest BCUT2D eigenvalue weighted by molar-refractivity contribution is 6.12. The van der Waals surface area contributed by atoms with Crippen LogP contribution < -0.4 is 10.9 Å². The van der Waals surface area contributed by atoms with Gasteiger partial charge in [-0.1, -0.05) is 18.2 Å². The topological polar surface area (TPSA) is 104 Å². The first-order valence-electron chi connectivity index (χ1n) is 8.64. The lowest BCUT2D eigenvalue weighted by molar-refractivity contribution is 0.102. The molecule has 0 unspecified atom stereocenters. The summed E-state index contributed by atoms with van der Waals surface area (Å²) >= 11 is 0. The minimum absolute atomic E-state index is 0.320. The molecule has 28 heavy (non-hydrogen) atoms. The van der Waals surface area contributed by atoms with E-state index in [4.69, 9.17) is 4.42 Å². The van der Waals surface area contributed by atoms with E-state index in [1.54, 1.807) is 36.6 Å². The molecule has 0 fully saturated rings. The maximum absolute atomic E-state index is 12.8. The Bertz CT molecular complexity index is 1380. The Hall–Kier alpha value is -4.13. The van der Waals surface area contributed by atoms with Crippen molar-refractivity contribution in [2.24, 2.45) is 0 Å². The van der Waals surface area contributed by atoms with Gasteiger partial charge in [0.15, 0.2) is 11.6 Å². The molecule has 0 radical (unpaired) electrons. The number of nitrogens with one attached hydrogen (secondary N) is 3. The molecule has 7 nitrogen and oxygen atoms in total. The average Bonchev–Trinajstić information content (AvgIpc) is 3.36. The van der Waals surface area contributed by atoms with Gasteiger partial charge in [0.2, 0.25) is 5.56 Å². The molecular weight excluding hydrogens is 356 g/mol. The third-order valence-corrected chi connectivity index (χ3v) is 4.49. The second-order valence-corrected chi connectivity index (χ2v) is 6.34. The standard InChI is InChI=1S/C21H14N4O3/c26-19-11-14(13-4-1-2-5-15(13)23-19)21(27)22-12-7-8-16-17(10-12)25-20(24-16)18-6-3-9-28-18/h1-11H,(H,22,27)(H,23,26)(H,24,25). The van der Waals surface area contributed by atoms with Crippen molar-refractivity contribution in [1.29, 1.82) is 0 Å². The number of anilines is 1. The minimum Gasteiger partial charge on any atom is -0.461 e. The number of para-hydroxylation sites is 1. The highest BCUT2D eigenvalue weighted by Crippen LogP contribution is 2.24. The van der Waals surface area contributed by atoms with Gasteiger partial charge in [-0.2, -0.15) is 0 Å². The van der Waals surface area contributed by atoms with Gasteiger partial charge in [-0.3, -0.25) is 9.59 Å². The number of hydrogen-bond donors (Lipinski definition) is 3. The second kappa shape index (κ2) is 6.24. The summed E-state index contributed by atoms with van der Waals surface area (Å²) in [5, 5.41) is 3.53. The number of rotatable bonds is 3. The summed E-state index contributed by atoms with van der Waals surface area (Å²) in [6.45, 7) is 0. The first-order valence-corrected chi connectivity index (χ1v) is 8.64. The molecule has 5 rings (SSSR count).